The Morgan fingerprint density at radius 1 is 0.944 bits per heavy atom. The van der Waals surface area contributed by atoms with Gasteiger partial charge in [-0.15, -0.1) is 0 Å². The Labute approximate surface area is 115 Å². The lowest BCUT2D eigenvalue weighted by molar-refractivity contribution is 0.596. The van der Waals surface area contributed by atoms with Gasteiger partial charge in [0.2, 0.25) is 9.84 Å². The Kier molecular flexibility index (Phi) is 3.52. The maximum Gasteiger partial charge on any atom is 0.208 e. The fourth-order valence-electron chi connectivity index (χ4n) is 1.48. The summed E-state index contributed by atoms with van der Waals surface area (Å²) in [6.45, 7) is 0. The molecule has 0 aliphatic carbocycles. The molecule has 0 aromatic heterocycles. The Hall–Kier alpha value is -1.23. The number of nitrogens with two attached hydrogens (primary N) is 1. The molecule has 0 saturated carbocycles. The maximum atomic E-state index is 12.3. The van der Waals surface area contributed by atoms with Crippen LogP contribution in [0.3, 0.4) is 0 Å². The quantitative estimate of drug-likeness (QED) is 0.865. The zero-order valence-electron chi connectivity index (χ0n) is 9.10. The van der Waals surface area contributed by atoms with Crippen molar-refractivity contribution in [1.29, 1.82) is 0 Å². The number of sulfone groups is 1. The van der Waals surface area contributed by atoms with E-state index in [1.165, 1.54) is 24.3 Å². The average molecular weight is 302 g/mol. The van der Waals surface area contributed by atoms with Crippen molar-refractivity contribution in [3.8, 4) is 0 Å². The van der Waals surface area contributed by atoms with Crippen LogP contribution in [0.5, 0.6) is 0 Å². The van der Waals surface area contributed by atoms with E-state index in [1.54, 1.807) is 18.2 Å². The Morgan fingerprint density at radius 3 is 2.17 bits per heavy atom. The fourth-order valence-corrected chi connectivity index (χ4v) is 3.53. The zero-order chi connectivity index (χ0) is 13.3. The fraction of sp³-hybridized carbons (Fsp3) is 0. The molecule has 0 atom stereocenters. The minimum Gasteiger partial charge on any atom is -0.397 e. The van der Waals surface area contributed by atoms with E-state index < -0.39 is 9.84 Å². The van der Waals surface area contributed by atoms with Crippen molar-refractivity contribution in [3.63, 3.8) is 0 Å². The summed E-state index contributed by atoms with van der Waals surface area (Å²) in [7, 11) is -3.68. The van der Waals surface area contributed by atoms with Gasteiger partial charge in [-0.1, -0.05) is 41.4 Å². The number of hydrogen-bond donors (Lipinski definition) is 1. The molecule has 3 nitrogen and oxygen atoms in total. The lowest BCUT2D eigenvalue weighted by Gasteiger charge is -2.08. The Bertz CT molecular complexity index is 685. The molecule has 0 aliphatic rings. The smallest absolute Gasteiger partial charge is 0.208 e. The maximum absolute atomic E-state index is 12.3. The first-order chi connectivity index (χ1) is 8.43. The van der Waals surface area contributed by atoms with E-state index in [0.29, 0.717) is 0 Å². The van der Waals surface area contributed by atoms with Crippen LogP contribution >= 0.6 is 23.2 Å². The predicted octanol–water partition coefficient (Wildman–Crippen LogP) is 3.41. The standard InChI is InChI=1S/C12H9Cl2NO2S/c13-9-6-10(14)12(7-11(9)15)18(16,17)8-4-2-1-3-5-8/h1-7H,15H2. The van der Waals surface area contributed by atoms with Gasteiger partial charge in [0, 0.05) is 0 Å². The van der Waals surface area contributed by atoms with E-state index in [4.69, 9.17) is 28.9 Å². The second kappa shape index (κ2) is 4.80. The van der Waals surface area contributed by atoms with Crippen molar-refractivity contribution in [2.24, 2.45) is 0 Å². The van der Waals surface area contributed by atoms with Crippen LogP contribution in [0.2, 0.25) is 10.0 Å². The summed E-state index contributed by atoms with van der Waals surface area (Å²) in [6, 6.07) is 10.6. The van der Waals surface area contributed by atoms with Gasteiger partial charge in [-0.2, -0.15) is 0 Å². The molecule has 94 valence electrons. The lowest BCUT2D eigenvalue weighted by Crippen LogP contribution is -2.03. The highest BCUT2D eigenvalue weighted by Crippen LogP contribution is 2.33. The first-order valence-corrected chi connectivity index (χ1v) is 7.21. The Morgan fingerprint density at radius 2 is 1.56 bits per heavy atom. The van der Waals surface area contributed by atoms with Crippen LogP contribution in [0, 0.1) is 0 Å². The predicted molar refractivity (Wildman–Crippen MR) is 72.8 cm³/mol. The topological polar surface area (TPSA) is 60.2 Å². The normalized spacial score (nSPS) is 11.4. The van der Waals surface area contributed by atoms with E-state index in [0.717, 1.165) is 0 Å². The van der Waals surface area contributed by atoms with Crippen molar-refractivity contribution in [1.82, 2.24) is 0 Å². The molecular formula is C12H9Cl2NO2S. The number of rotatable bonds is 2. The summed E-state index contributed by atoms with van der Waals surface area (Å²) in [5.74, 6) is 0. The van der Waals surface area contributed by atoms with E-state index in [2.05, 4.69) is 0 Å². The highest BCUT2D eigenvalue weighted by atomic mass is 35.5. The molecule has 6 heteroatoms. The van der Waals surface area contributed by atoms with Crippen molar-refractivity contribution in [3.05, 3.63) is 52.5 Å². The zero-order valence-corrected chi connectivity index (χ0v) is 11.4. The molecule has 18 heavy (non-hydrogen) atoms. The molecule has 0 fully saturated rings. The van der Waals surface area contributed by atoms with Gasteiger partial charge in [-0.25, -0.2) is 8.42 Å². The summed E-state index contributed by atoms with van der Waals surface area (Å²) in [4.78, 5) is 0.117. The largest absolute Gasteiger partial charge is 0.397 e. The van der Waals surface area contributed by atoms with Gasteiger partial charge in [0.25, 0.3) is 0 Å². The van der Waals surface area contributed by atoms with Crippen LogP contribution in [0.15, 0.2) is 52.3 Å². The molecule has 0 aliphatic heterocycles. The van der Waals surface area contributed by atoms with Crippen molar-refractivity contribution >= 4 is 38.7 Å². The van der Waals surface area contributed by atoms with Gasteiger partial charge in [-0.3, -0.25) is 0 Å². The second-order valence-corrected chi connectivity index (χ2v) is 6.35. The summed E-state index contributed by atoms with van der Waals surface area (Å²) in [6.07, 6.45) is 0. The third-order valence-corrected chi connectivity index (χ3v) is 4.96. The number of benzene rings is 2. The summed E-state index contributed by atoms with van der Waals surface area (Å²) in [5.41, 5.74) is 5.79. The highest BCUT2D eigenvalue weighted by molar-refractivity contribution is 7.91. The molecule has 0 spiro atoms. The van der Waals surface area contributed by atoms with Gasteiger partial charge in [0.1, 0.15) is 0 Å². The van der Waals surface area contributed by atoms with Crippen molar-refractivity contribution < 1.29 is 8.42 Å². The molecule has 2 aromatic carbocycles. The highest BCUT2D eigenvalue weighted by Gasteiger charge is 2.21. The van der Waals surface area contributed by atoms with Crippen LogP contribution in [0.1, 0.15) is 0 Å². The molecule has 0 radical (unpaired) electrons. The molecule has 0 saturated heterocycles. The summed E-state index contributed by atoms with van der Waals surface area (Å²) in [5, 5.41) is 0.282. The monoisotopic (exact) mass is 301 g/mol. The Balaban J connectivity index is 2.66. The molecule has 0 bridgehead atoms. The number of halogens is 2. The molecular weight excluding hydrogens is 293 g/mol. The van der Waals surface area contributed by atoms with Crippen LogP contribution in [-0.2, 0) is 9.84 Å². The van der Waals surface area contributed by atoms with Gasteiger partial charge < -0.3 is 5.73 Å². The summed E-state index contributed by atoms with van der Waals surface area (Å²) < 4.78 is 24.7. The lowest BCUT2D eigenvalue weighted by atomic mass is 10.3. The van der Waals surface area contributed by atoms with Gasteiger partial charge in [0.05, 0.1) is 25.5 Å². The molecule has 2 aromatic rings. The minimum absolute atomic E-state index is 0.0442. The van der Waals surface area contributed by atoms with Crippen molar-refractivity contribution in [2.75, 3.05) is 5.73 Å². The molecule has 0 unspecified atom stereocenters. The van der Waals surface area contributed by atoms with Crippen LogP contribution in [0.4, 0.5) is 5.69 Å². The molecule has 0 heterocycles. The van der Waals surface area contributed by atoms with Crippen molar-refractivity contribution in [2.45, 2.75) is 9.79 Å². The third kappa shape index (κ3) is 2.32. The average Bonchev–Trinajstić information content (AvgIpc) is 2.34. The summed E-state index contributed by atoms with van der Waals surface area (Å²) >= 11 is 11.7. The van der Waals surface area contributed by atoms with E-state index >= 15 is 0 Å². The van der Waals surface area contributed by atoms with Gasteiger partial charge in [-0.05, 0) is 24.3 Å². The molecule has 2 N–H and O–H groups in total. The van der Waals surface area contributed by atoms with E-state index in [1.807, 2.05) is 0 Å². The number of hydrogen-bond acceptors (Lipinski definition) is 3. The van der Waals surface area contributed by atoms with Crippen LogP contribution in [0.25, 0.3) is 0 Å². The van der Waals surface area contributed by atoms with Crippen LogP contribution < -0.4 is 5.73 Å². The molecule has 0 amide bonds. The second-order valence-electron chi connectivity index (χ2n) is 3.62. The van der Waals surface area contributed by atoms with Gasteiger partial charge in [0.15, 0.2) is 0 Å². The third-order valence-electron chi connectivity index (χ3n) is 2.39. The first kappa shape index (κ1) is 13.2. The SMILES string of the molecule is Nc1cc(S(=O)(=O)c2ccccc2)c(Cl)cc1Cl. The molecule has 2 rings (SSSR count). The first-order valence-electron chi connectivity index (χ1n) is 4.97. The number of anilines is 1. The van der Waals surface area contributed by atoms with Crippen LogP contribution in [-0.4, -0.2) is 8.42 Å². The number of nitrogen functional groups attached to an aromatic ring is 1. The van der Waals surface area contributed by atoms with Gasteiger partial charge >= 0.3 is 0 Å². The van der Waals surface area contributed by atoms with E-state index in [-0.39, 0.29) is 25.5 Å². The minimum atomic E-state index is -3.68. The van der Waals surface area contributed by atoms with E-state index in [9.17, 15) is 8.42 Å².